The molecule has 2 aromatic rings. The van der Waals surface area contributed by atoms with Gasteiger partial charge < -0.3 is 25.0 Å². The maximum atomic E-state index is 10.6. The largest absolute Gasteiger partial charge is 0.504 e. The summed E-state index contributed by atoms with van der Waals surface area (Å²) in [5, 5.41) is 27.4. The van der Waals surface area contributed by atoms with Crippen LogP contribution in [0.4, 0.5) is 0 Å². The highest BCUT2D eigenvalue weighted by atomic mass is 16.5. The van der Waals surface area contributed by atoms with Crippen molar-refractivity contribution < 1.29 is 24.9 Å². The Morgan fingerprint density at radius 1 is 1.15 bits per heavy atom. The highest BCUT2D eigenvalue weighted by molar-refractivity contribution is 5.63. The number of rotatable bonds is 3. The first-order chi connectivity index (χ1) is 15.8. The van der Waals surface area contributed by atoms with Crippen molar-refractivity contribution in [1.82, 2.24) is 4.90 Å². The smallest absolute Gasteiger partial charge is 0.300 e. The van der Waals surface area contributed by atoms with E-state index in [4.69, 9.17) is 14.6 Å². The topological polar surface area (TPSA) is 90.2 Å². The van der Waals surface area contributed by atoms with Crippen LogP contribution in [0.5, 0.6) is 11.5 Å². The lowest BCUT2D eigenvalue weighted by Gasteiger charge is -2.57. The molecule has 0 radical (unpaired) electrons. The van der Waals surface area contributed by atoms with Gasteiger partial charge in [-0.1, -0.05) is 42.5 Å². The van der Waals surface area contributed by atoms with Gasteiger partial charge in [0, 0.05) is 35.8 Å². The lowest BCUT2D eigenvalue weighted by molar-refractivity contribution is -0.134. The number of hydrogen-bond acceptors (Lipinski definition) is 5. The standard InChI is InChI=1S/C25H27NO3.C2H4O2/c1-26-11-10-25-19-8-6-18(12-15-2-4-16(14-27)5-3-15)24(25)29-23-21(28)9-7-17(22(23)25)13-20(19)26;1-2(3)4/h2-9,18-20,24,27-28H,10-14H2,1H3;1H3,(H,3,4)/t18-,19+,20-,24-,25+;/m1./s1. The Balaban J connectivity index is 0.000000531. The summed E-state index contributed by atoms with van der Waals surface area (Å²) in [6.45, 7) is 2.23. The van der Waals surface area contributed by atoms with Crippen LogP contribution in [-0.2, 0) is 29.7 Å². The summed E-state index contributed by atoms with van der Waals surface area (Å²) in [6.07, 6.45) is 7.89. The summed E-state index contributed by atoms with van der Waals surface area (Å²) in [5.74, 6) is 0.905. The maximum absolute atomic E-state index is 10.6. The minimum atomic E-state index is -0.833. The van der Waals surface area contributed by atoms with E-state index in [1.807, 2.05) is 18.2 Å². The molecular formula is C27H31NO5. The summed E-state index contributed by atoms with van der Waals surface area (Å²) < 4.78 is 6.61. The number of nitrogens with zero attached hydrogens (tertiary/aromatic N) is 1. The van der Waals surface area contributed by atoms with Crippen LogP contribution in [-0.4, -0.2) is 51.9 Å². The predicted octanol–water partition coefficient (Wildman–Crippen LogP) is 3.28. The molecule has 2 bridgehead atoms. The number of benzene rings is 2. The third-order valence-corrected chi connectivity index (χ3v) is 7.96. The van der Waals surface area contributed by atoms with E-state index < -0.39 is 5.97 Å². The molecule has 1 spiro atoms. The van der Waals surface area contributed by atoms with Gasteiger partial charge in [0.2, 0.25) is 0 Å². The van der Waals surface area contributed by atoms with Crippen LogP contribution in [0, 0.1) is 11.8 Å². The predicted molar refractivity (Wildman–Crippen MR) is 124 cm³/mol. The van der Waals surface area contributed by atoms with Gasteiger partial charge in [0.15, 0.2) is 11.5 Å². The van der Waals surface area contributed by atoms with Crippen LogP contribution < -0.4 is 4.74 Å². The molecule has 1 fully saturated rings. The van der Waals surface area contributed by atoms with Crippen molar-refractivity contribution in [3.8, 4) is 11.5 Å². The van der Waals surface area contributed by atoms with E-state index in [1.165, 1.54) is 16.7 Å². The molecule has 0 unspecified atom stereocenters. The molecule has 5 atom stereocenters. The molecule has 0 aromatic heterocycles. The number of likely N-dealkylation sites (N-methyl/N-ethyl adjacent to an activating group) is 1. The molecule has 1 saturated heterocycles. The molecule has 33 heavy (non-hydrogen) atoms. The third-order valence-electron chi connectivity index (χ3n) is 7.96. The van der Waals surface area contributed by atoms with Crippen LogP contribution >= 0.6 is 0 Å². The third kappa shape index (κ3) is 3.44. The fourth-order valence-electron chi connectivity index (χ4n) is 6.59. The van der Waals surface area contributed by atoms with Gasteiger partial charge in [-0.25, -0.2) is 0 Å². The fourth-order valence-corrected chi connectivity index (χ4v) is 6.59. The van der Waals surface area contributed by atoms with Gasteiger partial charge in [-0.3, -0.25) is 4.79 Å². The highest BCUT2D eigenvalue weighted by Crippen LogP contribution is 2.63. The van der Waals surface area contributed by atoms with Crippen LogP contribution in [0.15, 0.2) is 48.6 Å². The zero-order valence-electron chi connectivity index (χ0n) is 19.1. The Morgan fingerprint density at radius 3 is 2.55 bits per heavy atom. The number of aromatic hydroxyl groups is 1. The average Bonchev–Trinajstić information content (AvgIpc) is 3.15. The maximum Gasteiger partial charge on any atom is 0.300 e. The van der Waals surface area contributed by atoms with Crippen molar-refractivity contribution in [1.29, 1.82) is 0 Å². The van der Waals surface area contributed by atoms with E-state index in [9.17, 15) is 10.2 Å². The Kier molecular flexibility index (Phi) is 5.46. The highest BCUT2D eigenvalue weighted by Gasteiger charge is 2.64. The molecule has 6 heteroatoms. The van der Waals surface area contributed by atoms with Crippen LogP contribution in [0.2, 0.25) is 0 Å². The number of carbonyl (C=O) groups is 1. The van der Waals surface area contributed by atoms with Gasteiger partial charge in [-0.05, 0) is 55.6 Å². The number of carboxylic acids is 1. The van der Waals surface area contributed by atoms with Crippen molar-refractivity contribution in [3.05, 3.63) is 70.8 Å². The summed E-state index contributed by atoms with van der Waals surface area (Å²) in [5.41, 5.74) is 4.83. The molecule has 2 aliphatic heterocycles. The number of carboxylic acid groups (broad SMARTS) is 1. The quantitative estimate of drug-likeness (QED) is 0.623. The minimum absolute atomic E-state index is 0.0245. The Labute approximate surface area is 194 Å². The molecule has 4 aliphatic rings. The number of hydrogen-bond donors (Lipinski definition) is 3. The summed E-state index contributed by atoms with van der Waals surface area (Å²) in [7, 11) is 2.25. The number of likely N-dealkylation sites (tertiary alicyclic amines) is 1. The van der Waals surface area contributed by atoms with E-state index in [0.717, 1.165) is 44.0 Å². The van der Waals surface area contributed by atoms with E-state index in [-0.39, 0.29) is 29.8 Å². The second-order valence-corrected chi connectivity index (χ2v) is 9.80. The number of phenolic OH excluding ortho intramolecular Hbond substituents is 1. The van der Waals surface area contributed by atoms with Gasteiger partial charge in [-0.2, -0.15) is 0 Å². The zero-order chi connectivity index (χ0) is 23.3. The molecular weight excluding hydrogens is 418 g/mol. The first kappa shape index (κ1) is 22.0. The van der Waals surface area contributed by atoms with E-state index in [0.29, 0.717) is 12.0 Å². The van der Waals surface area contributed by atoms with Crippen LogP contribution in [0.1, 0.15) is 35.6 Å². The molecule has 2 heterocycles. The second-order valence-electron chi connectivity index (χ2n) is 9.80. The van der Waals surface area contributed by atoms with E-state index >= 15 is 0 Å². The van der Waals surface area contributed by atoms with Gasteiger partial charge >= 0.3 is 0 Å². The first-order valence-electron chi connectivity index (χ1n) is 11.6. The molecule has 6 nitrogen and oxygen atoms in total. The monoisotopic (exact) mass is 449 g/mol. The van der Waals surface area contributed by atoms with Gasteiger partial charge in [0.1, 0.15) is 6.10 Å². The Morgan fingerprint density at radius 2 is 1.85 bits per heavy atom. The van der Waals surface area contributed by atoms with Crippen molar-refractivity contribution in [2.45, 2.75) is 50.4 Å². The summed E-state index contributed by atoms with van der Waals surface area (Å²) in [4.78, 5) is 11.5. The molecule has 0 saturated carbocycles. The minimum Gasteiger partial charge on any atom is -0.504 e. The fraction of sp³-hybridized carbons (Fsp3) is 0.444. The number of aliphatic hydroxyl groups is 1. The number of piperidine rings is 1. The van der Waals surface area contributed by atoms with Crippen molar-refractivity contribution in [2.24, 2.45) is 11.8 Å². The number of aliphatic hydroxyl groups excluding tert-OH is 1. The lowest BCUT2D eigenvalue weighted by Crippen LogP contribution is -2.64. The molecule has 6 rings (SSSR count). The van der Waals surface area contributed by atoms with Crippen LogP contribution in [0.3, 0.4) is 0 Å². The lowest BCUT2D eigenvalue weighted by atomic mass is 9.52. The van der Waals surface area contributed by atoms with Crippen molar-refractivity contribution in [3.63, 3.8) is 0 Å². The molecule has 3 N–H and O–H groups in total. The van der Waals surface area contributed by atoms with Gasteiger partial charge in [0.05, 0.1) is 6.61 Å². The number of aliphatic carboxylic acids is 1. The summed E-state index contributed by atoms with van der Waals surface area (Å²) >= 11 is 0. The molecule has 0 amide bonds. The Hall–Kier alpha value is -2.83. The first-order valence-corrected chi connectivity index (χ1v) is 11.6. The van der Waals surface area contributed by atoms with Gasteiger partial charge in [0.25, 0.3) is 5.97 Å². The second kappa shape index (κ2) is 8.19. The Bertz CT molecular complexity index is 1090. The van der Waals surface area contributed by atoms with Crippen LogP contribution in [0.25, 0.3) is 0 Å². The normalized spacial score (nSPS) is 30.6. The van der Waals surface area contributed by atoms with E-state index in [2.05, 4.69) is 42.3 Å². The van der Waals surface area contributed by atoms with E-state index in [1.54, 1.807) is 0 Å². The van der Waals surface area contributed by atoms with Crippen molar-refractivity contribution in [2.75, 3.05) is 13.6 Å². The number of phenols is 1. The van der Waals surface area contributed by atoms with Gasteiger partial charge in [-0.15, -0.1) is 0 Å². The SMILES string of the molecule is CC(=O)O.CN1CC[C@]23c4c5ccc(O)c4O[C@@H]2[C@@H](Cc2ccc(CO)cc2)C=C[C@H]3[C@H]1C5. The summed E-state index contributed by atoms with van der Waals surface area (Å²) in [6, 6.07) is 12.7. The zero-order valence-corrected chi connectivity index (χ0v) is 19.1. The number of ether oxygens (including phenoxy) is 1. The average molecular weight is 450 g/mol. The van der Waals surface area contributed by atoms with Crippen molar-refractivity contribution >= 4 is 5.97 Å². The molecule has 2 aromatic carbocycles. The molecule has 174 valence electrons. The molecule has 2 aliphatic carbocycles.